The van der Waals surface area contributed by atoms with Crippen molar-refractivity contribution in [2.75, 3.05) is 28.2 Å². The summed E-state index contributed by atoms with van der Waals surface area (Å²) < 4.78 is 14.6. The van der Waals surface area contributed by atoms with Gasteiger partial charge in [0.05, 0.1) is 17.9 Å². The largest absolute Gasteiger partial charge is 0.349 e. The zero-order valence-electron chi connectivity index (χ0n) is 12.8. The number of aliphatic imine (C=N–C) groups is 1. The molecule has 0 N–H and O–H groups in total. The van der Waals surface area contributed by atoms with Crippen molar-refractivity contribution in [1.29, 1.82) is 0 Å². The molecule has 1 aromatic heterocycles. The van der Waals surface area contributed by atoms with Gasteiger partial charge in [-0.3, -0.25) is 0 Å². The molecule has 0 radical (unpaired) electrons. The highest BCUT2D eigenvalue weighted by Gasteiger charge is 2.05. The molecule has 0 unspecified atom stereocenters. The molecule has 6 heteroatoms. The fourth-order valence-corrected chi connectivity index (χ4v) is 2.02. The SMILES string of the molecule is CN(C)C(=NCc1ccn(-c2ccc(F)cc2)n1)N(C)C. The molecule has 0 spiro atoms. The Morgan fingerprint density at radius 3 is 2.29 bits per heavy atom. The van der Waals surface area contributed by atoms with Gasteiger partial charge < -0.3 is 9.80 Å². The summed E-state index contributed by atoms with van der Waals surface area (Å²) in [5.74, 6) is 0.628. The third-order valence-corrected chi connectivity index (χ3v) is 2.92. The van der Waals surface area contributed by atoms with Gasteiger partial charge in [-0.25, -0.2) is 14.1 Å². The number of hydrogen-bond donors (Lipinski definition) is 0. The lowest BCUT2D eigenvalue weighted by Gasteiger charge is -2.22. The van der Waals surface area contributed by atoms with E-state index in [2.05, 4.69) is 10.1 Å². The first-order valence-corrected chi connectivity index (χ1v) is 6.67. The molecule has 0 fully saturated rings. The highest BCUT2D eigenvalue weighted by molar-refractivity contribution is 5.79. The van der Waals surface area contributed by atoms with Crippen LogP contribution in [0.1, 0.15) is 5.69 Å². The minimum Gasteiger partial charge on any atom is -0.349 e. The topological polar surface area (TPSA) is 36.7 Å². The molecule has 0 aliphatic heterocycles. The van der Waals surface area contributed by atoms with Gasteiger partial charge in [-0.2, -0.15) is 5.10 Å². The van der Waals surface area contributed by atoms with Crippen molar-refractivity contribution in [3.8, 4) is 5.69 Å². The maximum atomic E-state index is 12.9. The van der Waals surface area contributed by atoms with Crippen molar-refractivity contribution in [3.63, 3.8) is 0 Å². The first-order valence-electron chi connectivity index (χ1n) is 6.67. The number of rotatable bonds is 3. The molecule has 2 aromatic rings. The first-order chi connectivity index (χ1) is 9.97. The lowest BCUT2D eigenvalue weighted by Crippen LogP contribution is -2.35. The van der Waals surface area contributed by atoms with Crippen LogP contribution in [-0.2, 0) is 6.54 Å². The summed E-state index contributed by atoms with van der Waals surface area (Å²) in [7, 11) is 7.82. The predicted molar refractivity (Wildman–Crippen MR) is 82.0 cm³/mol. The van der Waals surface area contributed by atoms with Crippen LogP contribution in [0.25, 0.3) is 5.69 Å². The number of halogens is 1. The minimum atomic E-state index is -0.252. The predicted octanol–water partition coefficient (Wildman–Crippen LogP) is 1.99. The Bertz CT molecular complexity index is 603. The quantitative estimate of drug-likeness (QED) is 0.640. The van der Waals surface area contributed by atoms with Crippen molar-refractivity contribution in [2.45, 2.75) is 6.54 Å². The second-order valence-corrected chi connectivity index (χ2v) is 5.13. The summed E-state index contributed by atoms with van der Waals surface area (Å²) >= 11 is 0. The maximum absolute atomic E-state index is 12.9. The van der Waals surface area contributed by atoms with Crippen LogP contribution >= 0.6 is 0 Å². The maximum Gasteiger partial charge on any atom is 0.195 e. The van der Waals surface area contributed by atoms with Crippen LogP contribution in [0.4, 0.5) is 4.39 Å². The van der Waals surface area contributed by atoms with Crippen LogP contribution in [0.3, 0.4) is 0 Å². The normalized spacial score (nSPS) is 10.3. The van der Waals surface area contributed by atoms with Crippen molar-refractivity contribution < 1.29 is 4.39 Å². The van der Waals surface area contributed by atoms with Gasteiger partial charge in [0.15, 0.2) is 5.96 Å². The van der Waals surface area contributed by atoms with Gasteiger partial charge in [0.2, 0.25) is 0 Å². The molecule has 21 heavy (non-hydrogen) atoms. The highest BCUT2D eigenvalue weighted by Crippen LogP contribution is 2.09. The fraction of sp³-hybridized carbons (Fsp3) is 0.333. The number of benzene rings is 1. The smallest absolute Gasteiger partial charge is 0.195 e. The number of hydrogen-bond acceptors (Lipinski definition) is 2. The van der Waals surface area contributed by atoms with E-state index in [-0.39, 0.29) is 5.82 Å². The fourth-order valence-electron chi connectivity index (χ4n) is 2.02. The van der Waals surface area contributed by atoms with Crippen molar-refractivity contribution in [1.82, 2.24) is 19.6 Å². The van der Waals surface area contributed by atoms with Gasteiger partial charge in [0.25, 0.3) is 0 Å². The summed E-state index contributed by atoms with van der Waals surface area (Å²) in [5, 5.41) is 4.45. The molecule has 112 valence electrons. The zero-order chi connectivity index (χ0) is 15.4. The summed E-state index contributed by atoms with van der Waals surface area (Å²) in [6, 6.07) is 8.15. The third-order valence-electron chi connectivity index (χ3n) is 2.92. The molecule has 1 aromatic carbocycles. The average Bonchev–Trinajstić information content (AvgIpc) is 2.87. The van der Waals surface area contributed by atoms with E-state index in [9.17, 15) is 4.39 Å². The van der Waals surface area contributed by atoms with Crippen molar-refractivity contribution in [2.24, 2.45) is 4.99 Å². The van der Waals surface area contributed by atoms with E-state index >= 15 is 0 Å². The van der Waals surface area contributed by atoms with E-state index in [0.717, 1.165) is 17.3 Å². The van der Waals surface area contributed by atoms with E-state index in [4.69, 9.17) is 0 Å². The van der Waals surface area contributed by atoms with E-state index in [0.29, 0.717) is 6.54 Å². The molecule has 0 saturated carbocycles. The molecule has 0 atom stereocenters. The molecular weight excluding hydrogens is 269 g/mol. The highest BCUT2D eigenvalue weighted by atomic mass is 19.1. The number of nitrogens with zero attached hydrogens (tertiary/aromatic N) is 5. The van der Waals surface area contributed by atoms with Crippen LogP contribution < -0.4 is 0 Å². The van der Waals surface area contributed by atoms with Crippen LogP contribution in [-0.4, -0.2) is 53.7 Å². The Morgan fingerprint density at radius 2 is 1.71 bits per heavy atom. The molecule has 0 aliphatic rings. The van der Waals surface area contributed by atoms with Gasteiger partial charge in [-0.05, 0) is 30.3 Å². The van der Waals surface area contributed by atoms with Gasteiger partial charge in [0, 0.05) is 34.4 Å². The Labute approximate surface area is 124 Å². The molecule has 0 aliphatic carbocycles. The van der Waals surface area contributed by atoms with Gasteiger partial charge in [-0.15, -0.1) is 0 Å². The van der Waals surface area contributed by atoms with E-state index < -0.39 is 0 Å². The van der Waals surface area contributed by atoms with Crippen molar-refractivity contribution >= 4 is 5.96 Å². The van der Waals surface area contributed by atoms with Crippen LogP contribution in [0.15, 0.2) is 41.5 Å². The van der Waals surface area contributed by atoms with E-state index in [1.54, 1.807) is 16.8 Å². The number of aromatic nitrogens is 2. The lowest BCUT2D eigenvalue weighted by molar-refractivity contribution is 0.479. The van der Waals surface area contributed by atoms with Crippen LogP contribution in [0.5, 0.6) is 0 Å². The molecule has 5 nitrogen and oxygen atoms in total. The number of guanidine groups is 1. The van der Waals surface area contributed by atoms with Gasteiger partial charge in [0.1, 0.15) is 5.82 Å². The standard InChI is InChI=1S/C15H20FN5/c1-19(2)15(20(3)4)17-11-13-9-10-21(18-13)14-7-5-12(16)6-8-14/h5-10H,11H2,1-4H3. The second-order valence-electron chi connectivity index (χ2n) is 5.13. The Kier molecular flexibility index (Phi) is 4.57. The minimum absolute atomic E-state index is 0.252. The summed E-state index contributed by atoms with van der Waals surface area (Å²) in [6.07, 6.45) is 1.85. The monoisotopic (exact) mass is 289 g/mol. The Balaban J connectivity index is 2.13. The van der Waals surface area contributed by atoms with Gasteiger partial charge in [-0.1, -0.05) is 0 Å². The molecular formula is C15H20FN5. The first kappa shape index (κ1) is 15.0. The van der Waals surface area contributed by atoms with Crippen LogP contribution in [0.2, 0.25) is 0 Å². The molecule has 1 heterocycles. The van der Waals surface area contributed by atoms with Gasteiger partial charge >= 0.3 is 0 Å². The zero-order valence-corrected chi connectivity index (χ0v) is 12.8. The van der Waals surface area contributed by atoms with Crippen LogP contribution in [0, 0.1) is 5.82 Å². The van der Waals surface area contributed by atoms with Crippen molar-refractivity contribution in [3.05, 3.63) is 48.0 Å². The Hall–Kier alpha value is -2.37. The third kappa shape index (κ3) is 3.81. The molecule has 0 amide bonds. The second kappa shape index (κ2) is 6.39. The summed E-state index contributed by atoms with van der Waals surface area (Å²) in [4.78, 5) is 8.46. The molecule has 2 rings (SSSR count). The molecule has 0 bridgehead atoms. The van der Waals surface area contributed by atoms with E-state index in [1.165, 1.54) is 12.1 Å². The van der Waals surface area contributed by atoms with E-state index in [1.807, 2.05) is 50.3 Å². The summed E-state index contributed by atoms with van der Waals surface area (Å²) in [5.41, 5.74) is 1.69. The molecule has 0 saturated heterocycles. The Morgan fingerprint density at radius 1 is 1.10 bits per heavy atom. The summed E-state index contributed by atoms with van der Waals surface area (Å²) in [6.45, 7) is 0.500. The lowest BCUT2D eigenvalue weighted by atomic mass is 10.3. The average molecular weight is 289 g/mol.